The van der Waals surface area contributed by atoms with Gasteiger partial charge in [0, 0.05) is 17.1 Å². The molecule has 0 spiro atoms. The fourth-order valence-corrected chi connectivity index (χ4v) is 1.96. The Morgan fingerprint density at radius 3 is 2.79 bits per heavy atom. The van der Waals surface area contributed by atoms with Crippen LogP contribution in [0.5, 0.6) is 0 Å². The minimum Gasteiger partial charge on any atom is -0.460 e. The minimum atomic E-state index is 0. The Hall–Kier alpha value is -1.00. The summed E-state index contributed by atoms with van der Waals surface area (Å²) in [6.07, 6.45) is 0. The van der Waals surface area contributed by atoms with Crippen molar-refractivity contribution in [3.8, 4) is 11.3 Å². The van der Waals surface area contributed by atoms with Crippen LogP contribution in [-0.4, -0.2) is 18.3 Å². The predicted molar refractivity (Wildman–Crippen MR) is 79.9 cm³/mol. The lowest BCUT2D eigenvalue weighted by molar-refractivity contribution is 0.290. The number of benzene rings is 1. The molecule has 0 saturated heterocycles. The van der Waals surface area contributed by atoms with Gasteiger partial charge in [0.25, 0.3) is 0 Å². The second-order valence-corrected chi connectivity index (χ2v) is 4.49. The maximum atomic E-state index is 8.69. The van der Waals surface area contributed by atoms with Gasteiger partial charge in [-0.3, -0.25) is 0 Å². The highest BCUT2D eigenvalue weighted by molar-refractivity contribution is 6.31. The van der Waals surface area contributed by atoms with E-state index in [2.05, 4.69) is 5.32 Å². The van der Waals surface area contributed by atoms with Crippen molar-refractivity contribution < 1.29 is 9.52 Å². The number of aliphatic hydroxyl groups excluding tert-OH is 1. The molecule has 2 N–H and O–H groups in total. The van der Waals surface area contributed by atoms with Crippen LogP contribution >= 0.6 is 24.0 Å². The minimum absolute atomic E-state index is 0. The highest BCUT2D eigenvalue weighted by Gasteiger charge is 2.09. The number of furan rings is 1. The van der Waals surface area contributed by atoms with Gasteiger partial charge < -0.3 is 14.8 Å². The average Bonchev–Trinajstić information content (AvgIpc) is 2.82. The van der Waals surface area contributed by atoms with E-state index in [4.69, 9.17) is 21.1 Å². The van der Waals surface area contributed by atoms with Gasteiger partial charge in [-0.2, -0.15) is 0 Å². The number of halogens is 2. The van der Waals surface area contributed by atoms with Gasteiger partial charge in [-0.15, -0.1) is 12.4 Å². The summed E-state index contributed by atoms with van der Waals surface area (Å²) in [6.45, 7) is 3.28. The second-order valence-electron chi connectivity index (χ2n) is 4.08. The topological polar surface area (TPSA) is 45.4 Å². The Balaban J connectivity index is 0.00000180. The molecule has 0 aliphatic heterocycles. The maximum Gasteiger partial charge on any atom is 0.134 e. The third kappa shape index (κ3) is 3.98. The molecule has 2 rings (SSSR count). The molecule has 0 atom stereocenters. The zero-order chi connectivity index (χ0) is 13.0. The summed E-state index contributed by atoms with van der Waals surface area (Å²) in [5, 5.41) is 12.5. The molecule has 0 saturated carbocycles. The molecule has 2 aromatic rings. The smallest absolute Gasteiger partial charge is 0.134 e. The van der Waals surface area contributed by atoms with Crippen molar-refractivity contribution in [3.63, 3.8) is 0 Å². The molecule has 3 nitrogen and oxygen atoms in total. The molecule has 0 fully saturated rings. The van der Waals surface area contributed by atoms with E-state index in [0.29, 0.717) is 13.1 Å². The van der Waals surface area contributed by atoms with Crippen molar-refractivity contribution in [1.82, 2.24) is 5.32 Å². The maximum absolute atomic E-state index is 8.69. The Bertz CT molecular complexity index is 526. The van der Waals surface area contributed by atoms with Crippen LogP contribution in [0.15, 0.2) is 34.7 Å². The van der Waals surface area contributed by atoms with Crippen LogP contribution in [0.4, 0.5) is 0 Å². The summed E-state index contributed by atoms with van der Waals surface area (Å²) < 4.78 is 5.75. The molecule has 1 aromatic heterocycles. The van der Waals surface area contributed by atoms with Crippen molar-refractivity contribution in [3.05, 3.63) is 46.7 Å². The lowest BCUT2D eigenvalue weighted by atomic mass is 10.1. The monoisotopic (exact) mass is 301 g/mol. The predicted octanol–water partition coefficient (Wildman–Crippen LogP) is 3.41. The highest BCUT2D eigenvalue weighted by atomic mass is 35.5. The molecule has 1 aromatic carbocycles. The molecule has 0 aliphatic rings. The van der Waals surface area contributed by atoms with Crippen molar-refractivity contribution in [2.45, 2.75) is 13.5 Å². The lowest BCUT2D eigenvalue weighted by Gasteiger charge is -2.04. The second kappa shape index (κ2) is 7.56. The first-order chi connectivity index (χ1) is 8.72. The lowest BCUT2D eigenvalue weighted by Crippen LogP contribution is -2.16. The molecule has 104 valence electrons. The third-order valence-electron chi connectivity index (χ3n) is 2.78. The zero-order valence-electron chi connectivity index (χ0n) is 10.6. The summed E-state index contributed by atoms with van der Waals surface area (Å²) in [6, 6.07) is 9.64. The fraction of sp³-hybridized carbons (Fsp3) is 0.286. The van der Waals surface area contributed by atoms with Crippen molar-refractivity contribution >= 4 is 24.0 Å². The highest BCUT2D eigenvalue weighted by Crippen LogP contribution is 2.29. The van der Waals surface area contributed by atoms with E-state index in [1.165, 1.54) is 0 Å². The SMILES string of the molecule is Cc1c(Cl)cccc1-c1ccc(CNCCO)o1.Cl. The zero-order valence-corrected chi connectivity index (χ0v) is 12.2. The fourth-order valence-electron chi connectivity index (χ4n) is 1.78. The largest absolute Gasteiger partial charge is 0.460 e. The molecule has 5 heteroatoms. The molecule has 19 heavy (non-hydrogen) atoms. The normalized spacial score (nSPS) is 10.3. The van der Waals surface area contributed by atoms with Gasteiger partial charge in [0.2, 0.25) is 0 Å². The van der Waals surface area contributed by atoms with Gasteiger partial charge in [-0.05, 0) is 30.7 Å². The van der Waals surface area contributed by atoms with Crippen LogP contribution in [0.2, 0.25) is 5.02 Å². The molecular formula is C14H17Cl2NO2. The summed E-state index contributed by atoms with van der Waals surface area (Å²) in [5.41, 5.74) is 2.03. The molecular weight excluding hydrogens is 285 g/mol. The Kier molecular flexibility index (Phi) is 6.38. The first kappa shape index (κ1) is 16.1. The number of nitrogens with one attached hydrogen (secondary N) is 1. The van der Waals surface area contributed by atoms with Crippen LogP contribution in [0.3, 0.4) is 0 Å². The first-order valence-electron chi connectivity index (χ1n) is 5.88. The van der Waals surface area contributed by atoms with Crippen LogP contribution < -0.4 is 5.32 Å². The Morgan fingerprint density at radius 1 is 1.26 bits per heavy atom. The summed E-state index contributed by atoms with van der Waals surface area (Å²) in [7, 11) is 0. The number of hydrogen-bond donors (Lipinski definition) is 2. The van der Waals surface area contributed by atoms with Crippen LogP contribution in [0.1, 0.15) is 11.3 Å². The quantitative estimate of drug-likeness (QED) is 0.832. The standard InChI is InChI=1S/C14H16ClNO2.ClH/c1-10-12(3-2-4-13(10)15)14-6-5-11(18-14)9-16-7-8-17;/h2-6,16-17H,7-9H2,1H3;1H. The van der Waals surface area contributed by atoms with E-state index >= 15 is 0 Å². The van der Waals surface area contributed by atoms with Gasteiger partial charge >= 0.3 is 0 Å². The summed E-state index contributed by atoms with van der Waals surface area (Å²) in [5.74, 6) is 1.66. The molecule has 1 heterocycles. The van der Waals surface area contributed by atoms with E-state index in [-0.39, 0.29) is 19.0 Å². The van der Waals surface area contributed by atoms with E-state index in [9.17, 15) is 0 Å². The number of hydrogen-bond acceptors (Lipinski definition) is 3. The molecule has 0 bridgehead atoms. The summed E-state index contributed by atoms with van der Waals surface area (Å²) >= 11 is 6.09. The number of aliphatic hydroxyl groups is 1. The van der Waals surface area contributed by atoms with Gasteiger partial charge in [0.05, 0.1) is 13.2 Å². The van der Waals surface area contributed by atoms with E-state index < -0.39 is 0 Å². The van der Waals surface area contributed by atoms with Crippen LogP contribution in [0, 0.1) is 6.92 Å². The molecule has 0 unspecified atom stereocenters. The van der Waals surface area contributed by atoms with Crippen LogP contribution in [-0.2, 0) is 6.54 Å². The van der Waals surface area contributed by atoms with Gasteiger partial charge in [0.15, 0.2) is 0 Å². The molecule has 0 aliphatic carbocycles. The van der Waals surface area contributed by atoms with Crippen molar-refractivity contribution in [2.24, 2.45) is 0 Å². The van der Waals surface area contributed by atoms with Gasteiger partial charge in [-0.1, -0.05) is 23.7 Å². The van der Waals surface area contributed by atoms with E-state index in [1.807, 2.05) is 37.3 Å². The molecule has 0 radical (unpaired) electrons. The van der Waals surface area contributed by atoms with Crippen molar-refractivity contribution in [1.29, 1.82) is 0 Å². The Morgan fingerprint density at radius 2 is 2.05 bits per heavy atom. The summed E-state index contributed by atoms with van der Waals surface area (Å²) in [4.78, 5) is 0. The van der Waals surface area contributed by atoms with Gasteiger partial charge in [0.1, 0.15) is 11.5 Å². The van der Waals surface area contributed by atoms with E-state index in [0.717, 1.165) is 27.7 Å². The van der Waals surface area contributed by atoms with Crippen molar-refractivity contribution in [2.75, 3.05) is 13.2 Å². The Labute approximate surface area is 124 Å². The average molecular weight is 302 g/mol. The third-order valence-corrected chi connectivity index (χ3v) is 3.19. The van der Waals surface area contributed by atoms with Crippen LogP contribution in [0.25, 0.3) is 11.3 Å². The molecule has 0 amide bonds. The number of rotatable bonds is 5. The van der Waals surface area contributed by atoms with Gasteiger partial charge in [-0.25, -0.2) is 0 Å². The first-order valence-corrected chi connectivity index (χ1v) is 6.26. The van der Waals surface area contributed by atoms with E-state index in [1.54, 1.807) is 0 Å².